The SMILES string of the molecule is CNC(Cc1cc(C)ccc1C)C1C2CCCCC21. The molecule has 0 spiro atoms. The van der Waals surface area contributed by atoms with Gasteiger partial charge in [-0.15, -0.1) is 0 Å². The zero-order chi connectivity index (χ0) is 13.4. The largest absolute Gasteiger partial charge is 0.316 e. The van der Waals surface area contributed by atoms with Gasteiger partial charge in [0.25, 0.3) is 0 Å². The monoisotopic (exact) mass is 257 g/mol. The molecule has 1 nitrogen and oxygen atoms in total. The summed E-state index contributed by atoms with van der Waals surface area (Å²) in [4.78, 5) is 0. The van der Waals surface area contributed by atoms with Crippen molar-refractivity contribution in [2.75, 3.05) is 7.05 Å². The molecule has 19 heavy (non-hydrogen) atoms. The second-order valence-corrected chi connectivity index (χ2v) is 6.72. The molecule has 3 unspecified atom stereocenters. The molecule has 0 aliphatic heterocycles. The fraction of sp³-hybridized carbons (Fsp3) is 0.667. The molecular formula is C18H27N. The van der Waals surface area contributed by atoms with Crippen LogP contribution in [-0.2, 0) is 6.42 Å². The highest BCUT2D eigenvalue weighted by Crippen LogP contribution is 2.57. The van der Waals surface area contributed by atoms with Gasteiger partial charge in [0, 0.05) is 6.04 Å². The fourth-order valence-corrected chi connectivity index (χ4v) is 4.33. The van der Waals surface area contributed by atoms with E-state index in [1.54, 1.807) is 5.56 Å². The summed E-state index contributed by atoms with van der Waals surface area (Å²) in [6.07, 6.45) is 7.12. The summed E-state index contributed by atoms with van der Waals surface area (Å²) in [5.41, 5.74) is 4.39. The van der Waals surface area contributed by atoms with Crippen LogP contribution in [0.25, 0.3) is 0 Å². The van der Waals surface area contributed by atoms with Gasteiger partial charge in [-0.2, -0.15) is 0 Å². The van der Waals surface area contributed by atoms with E-state index in [1.165, 1.54) is 43.2 Å². The summed E-state index contributed by atoms with van der Waals surface area (Å²) in [6.45, 7) is 4.45. The number of hydrogen-bond donors (Lipinski definition) is 1. The Morgan fingerprint density at radius 2 is 1.84 bits per heavy atom. The van der Waals surface area contributed by atoms with Gasteiger partial charge in [0.05, 0.1) is 0 Å². The van der Waals surface area contributed by atoms with Crippen LogP contribution in [0.1, 0.15) is 42.4 Å². The minimum atomic E-state index is 0.689. The van der Waals surface area contributed by atoms with Crippen molar-refractivity contribution < 1.29 is 0 Å². The molecule has 2 saturated carbocycles. The fourth-order valence-electron chi connectivity index (χ4n) is 4.33. The van der Waals surface area contributed by atoms with Crippen LogP contribution in [0.4, 0.5) is 0 Å². The number of benzene rings is 1. The minimum absolute atomic E-state index is 0.689. The Morgan fingerprint density at radius 1 is 1.16 bits per heavy atom. The molecule has 0 saturated heterocycles. The maximum atomic E-state index is 3.62. The third-order valence-corrected chi connectivity index (χ3v) is 5.50. The summed E-state index contributed by atoms with van der Waals surface area (Å²) < 4.78 is 0. The van der Waals surface area contributed by atoms with E-state index in [4.69, 9.17) is 0 Å². The van der Waals surface area contributed by atoms with E-state index in [0.29, 0.717) is 6.04 Å². The summed E-state index contributed by atoms with van der Waals surface area (Å²) in [6, 6.07) is 7.57. The molecule has 1 aromatic carbocycles. The van der Waals surface area contributed by atoms with Gasteiger partial charge >= 0.3 is 0 Å². The Bertz CT molecular complexity index is 439. The van der Waals surface area contributed by atoms with E-state index < -0.39 is 0 Å². The normalized spacial score (nSPS) is 30.8. The Hall–Kier alpha value is -0.820. The lowest BCUT2D eigenvalue weighted by molar-refractivity contribution is 0.459. The van der Waals surface area contributed by atoms with Gasteiger partial charge in [-0.05, 0) is 69.0 Å². The maximum absolute atomic E-state index is 3.62. The van der Waals surface area contributed by atoms with Crippen molar-refractivity contribution in [3.63, 3.8) is 0 Å². The summed E-state index contributed by atoms with van der Waals surface area (Å²) >= 11 is 0. The molecule has 104 valence electrons. The van der Waals surface area contributed by atoms with Crippen LogP contribution in [0.3, 0.4) is 0 Å². The standard InChI is InChI=1S/C18H27N/c1-12-8-9-13(2)14(10-12)11-17(19-3)18-15-6-4-5-7-16(15)18/h8-10,15-19H,4-7,11H2,1-3H3. The Balaban J connectivity index is 1.72. The molecular weight excluding hydrogens is 230 g/mol. The summed E-state index contributed by atoms with van der Waals surface area (Å²) in [5.74, 6) is 3.03. The number of hydrogen-bond acceptors (Lipinski definition) is 1. The molecule has 0 radical (unpaired) electrons. The first-order chi connectivity index (χ1) is 9.20. The molecule has 3 atom stereocenters. The van der Waals surface area contributed by atoms with Crippen LogP contribution < -0.4 is 5.32 Å². The maximum Gasteiger partial charge on any atom is 0.0138 e. The molecule has 0 bridgehead atoms. The zero-order valence-electron chi connectivity index (χ0n) is 12.6. The van der Waals surface area contributed by atoms with Crippen molar-refractivity contribution in [2.24, 2.45) is 17.8 Å². The van der Waals surface area contributed by atoms with Crippen LogP contribution in [0.15, 0.2) is 18.2 Å². The van der Waals surface area contributed by atoms with E-state index in [0.717, 1.165) is 17.8 Å². The second kappa shape index (κ2) is 5.28. The molecule has 1 aromatic rings. The van der Waals surface area contributed by atoms with E-state index in [1.807, 2.05) is 0 Å². The van der Waals surface area contributed by atoms with E-state index in [2.05, 4.69) is 44.4 Å². The van der Waals surface area contributed by atoms with E-state index in [9.17, 15) is 0 Å². The van der Waals surface area contributed by atoms with Crippen molar-refractivity contribution in [3.05, 3.63) is 34.9 Å². The smallest absolute Gasteiger partial charge is 0.0138 e. The number of nitrogens with one attached hydrogen (secondary N) is 1. The topological polar surface area (TPSA) is 12.0 Å². The molecule has 2 aliphatic rings. The zero-order valence-corrected chi connectivity index (χ0v) is 12.6. The van der Waals surface area contributed by atoms with Crippen molar-refractivity contribution in [1.29, 1.82) is 0 Å². The lowest BCUT2D eigenvalue weighted by atomic mass is 9.95. The van der Waals surface area contributed by atoms with Crippen LogP contribution in [0.2, 0.25) is 0 Å². The first-order valence-electron chi connectivity index (χ1n) is 7.94. The number of rotatable bonds is 4. The molecule has 2 fully saturated rings. The van der Waals surface area contributed by atoms with Crippen LogP contribution in [0, 0.1) is 31.6 Å². The van der Waals surface area contributed by atoms with Crippen LogP contribution in [0.5, 0.6) is 0 Å². The molecule has 1 N–H and O–H groups in total. The van der Waals surface area contributed by atoms with Gasteiger partial charge in [-0.25, -0.2) is 0 Å². The highest BCUT2D eigenvalue weighted by atomic mass is 14.9. The van der Waals surface area contributed by atoms with Gasteiger partial charge in [0.15, 0.2) is 0 Å². The van der Waals surface area contributed by atoms with Gasteiger partial charge in [0.2, 0.25) is 0 Å². The van der Waals surface area contributed by atoms with Gasteiger partial charge in [-0.3, -0.25) is 0 Å². The number of aryl methyl sites for hydroxylation is 2. The Kier molecular flexibility index (Phi) is 3.66. The Labute approximate surface area is 117 Å². The summed E-state index contributed by atoms with van der Waals surface area (Å²) in [5, 5.41) is 3.62. The van der Waals surface area contributed by atoms with Gasteiger partial charge < -0.3 is 5.32 Å². The molecule has 0 aromatic heterocycles. The molecule has 3 rings (SSSR count). The highest BCUT2D eigenvalue weighted by molar-refractivity contribution is 5.31. The lowest BCUT2D eigenvalue weighted by Crippen LogP contribution is -2.31. The van der Waals surface area contributed by atoms with Crippen LogP contribution >= 0.6 is 0 Å². The second-order valence-electron chi connectivity index (χ2n) is 6.72. The average molecular weight is 257 g/mol. The average Bonchev–Trinajstić information content (AvgIpc) is 3.14. The first-order valence-corrected chi connectivity index (χ1v) is 7.94. The number of likely N-dealkylation sites (N-methyl/N-ethyl adjacent to an activating group) is 1. The third kappa shape index (κ3) is 2.58. The predicted octanol–water partition coefficient (Wildman–Crippen LogP) is 3.87. The quantitative estimate of drug-likeness (QED) is 0.863. The lowest BCUT2D eigenvalue weighted by Gasteiger charge is -2.18. The minimum Gasteiger partial charge on any atom is -0.316 e. The first kappa shape index (κ1) is 13.2. The molecule has 0 heterocycles. The number of fused-ring (bicyclic) bond motifs is 1. The van der Waals surface area contributed by atoms with E-state index >= 15 is 0 Å². The highest BCUT2D eigenvalue weighted by Gasteiger charge is 2.53. The van der Waals surface area contributed by atoms with E-state index in [-0.39, 0.29) is 0 Å². The van der Waals surface area contributed by atoms with Crippen molar-refractivity contribution in [2.45, 2.75) is 52.0 Å². The predicted molar refractivity (Wildman–Crippen MR) is 81.4 cm³/mol. The Morgan fingerprint density at radius 3 is 2.47 bits per heavy atom. The molecule has 2 aliphatic carbocycles. The third-order valence-electron chi connectivity index (χ3n) is 5.50. The van der Waals surface area contributed by atoms with Crippen molar-refractivity contribution in [3.8, 4) is 0 Å². The van der Waals surface area contributed by atoms with Gasteiger partial charge in [0.1, 0.15) is 0 Å². The van der Waals surface area contributed by atoms with Crippen molar-refractivity contribution >= 4 is 0 Å². The molecule has 1 heteroatoms. The molecule has 0 amide bonds. The van der Waals surface area contributed by atoms with Gasteiger partial charge in [-0.1, -0.05) is 36.6 Å². The van der Waals surface area contributed by atoms with Crippen molar-refractivity contribution in [1.82, 2.24) is 5.32 Å². The summed E-state index contributed by atoms with van der Waals surface area (Å²) in [7, 11) is 2.15. The van der Waals surface area contributed by atoms with Crippen LogP contribution in [-0.4, -0.2) is 13.1 Å².